The number of hydrogen-bond acceptors (Lipinski definition) is 7. The number of carbonyl (C=O) groups is 1. The molecule has 0 spiro atoms. The Hall–Kier alpha value is -3.11. The van der Waals surface area contributed by atoms with Gasteiger partial charge in [0.05, 0.1) is 23.6 Å². The number of amides is 1. The van der Waals surface area contributed by atoms with Crippen molar-refractivity contribution in [2.24, 2.45) is 0 Å². The van der Waals surface area contributed by atoms with Gasteiger partial charge in [-0.3, -0.25) is 9.78 Å². The van der Waals surface area contributed by atoms with E-state index >= 15 is 0 Å². The number of benzene rings is 1. The van der Waals surface area contributed by atoms with Crippen LogP contribution in [0.25, 0.3) is 5.69 Å². The lowest BCUT2D eigenvalue weighted by molar-refractivity contribution is 0.0944. The van der Waals surface area contributed by atoms with E-state index in [0.717, 1.165) is 15.9 Å². The van der Waals surface area contributed by atoms with Gasteiger partial charge in [0.1, 0.15) is 0 Å². The maximum atomic E-state index is 12.8. The third-order valence-corrected chi connectivity index (χ3v) is 5.50. The van der Waals surface area contributed by atoms with Gasteiger partial charge in [-0.2, -0.15) is 0 Å². The molecule has 0 saturated carbocycles. The fourth-order valence-electron chi connectivity index (χ4n) is 2.65. The SMILES string of the molecule is O=C(NCc1ccccn1)c1nnn(-c2ccc(Br)cc2)c1CSc1ncccn1. The number of rotatable bonds is 7. The van der Waals surface area contributed by atoms with E-state index in [-0.39, 0.29) is 11.6 Å². The van der Waals surface area contributed by atoms with Crippen molar-refractivity contribution in [1.29, 1.82) is 0 Å². The van der Waals surface area contributed by atoms with Gasteiger partial charge in [0.25, 0.3) is 5.91 Å². The first kappa shape index (κ1) is 20.2. The zero-order chi connectivity index (χ0) is 20.8. The lowest BCUT2D eigenvalue weighted by Gasteiger charge is -2.08. The minimum Gasteiger partial charge on any atom is -0.345 e. The van der Waals surface area contributed by atoms with Crippen molar-refractivity contribution < 1.29 is 4.79 Å². The first-order chi connectivity index (χ1) is 14.7. The van der Waals surface area contributed by atoms with Crippen LogP contribution in [0.4, 0.5) is 0 Å². The molecule has 1 N–H and O–H groups in total. The normalized spacial score (nSPS) is 10.7. The van der Waals surface area contributed by atoms with Crippen molar-refractivity contribution in [3.8, 4) is 5.69 Å². The molecule has 0 bridgehead atoms. The van der Waals surface area contributed by atoms with Gasteiger partial charge in [0.2, 0.25) is 0 Å². The third kappa shape index (κ3) is 4.89. The molecular weight excluding hydrogens is 466 g/mol. The molecule has 10 heteroatoms. The molecule has 0 saturated heterocycles. The molecule has 0 aliphatic rings. The molecule has 150 valence electrons. The Morgan fingerprint density at radius 1 is 1.00 bits per heavy atom. The Labute approximate surface area is 185 Å². The van der Waals surface area contributed by atoms with Crippen molar-refractivity contribution >= 4 is 33.6 Å². The molecule has 0 atom stereocenters. The van der Waals surface area contributed by atoms with E-state index in [0.29, 0.717) is 23.1 Å². The summed E-state index contributed by atoms with van der Waals surface area (Å²) < 4.78 is 2.62. The molecule has 30 heavy (non-hydrogen) atoms. The number of carbonyl (C=O) groups excluding carboxylic acids is 1. The summed E-state index contributed by atoms with van der Waals surface area (Å²) in [6.07, 6.45) is 5.05. The van der Waals surface area contributed by atoms with Crippen LogP contribution in [0.3, 0.4) is 0 Å². The van der Waals surface area contributed by atoms with Crippen molar-refractivity contribution in [3.63, 3.8) is 0 Å². The molecule has 4 aromatic rings. The fourth-order valence-corrected chi connectivity index (χ4v) is 3.71. The number of nitrogens with one attached hydrogen (secondary N) is 1. The first-order valence-electron chi connectivity index (χ1n) is 8.99. The first-order valence-corrected chi connectivity index (χ1v) is 10.8. The smallest absolute Gasteiger partial charge is 0.274 e. The van der Waals surface area contributed by atoms with E-state index in [2.05, 4.69) is 46.5 Å². The van der Waals surface area contributed by atoms with Crippen molar-refractivity contribution in [2.45, 2.75) is 17.5 Å². The Balaban J connectivity index is 1.60. The van der Waals surface area contributed by atoms with Gasteiger partial charge in [-0.15, -0.1) is 5.10 Å². The highest BCUT2D eigenvalue weighted by atomic mass is 79.9. The summed E-state index contributed by atoms with van der Waals surface area (Å²) in [6, 6.07) is 14.9. The van der Waals surface area contributed by atoms with Crippen molar-refractivity contribution in [2.75, 3.05) is 0 Å². The topological polar surface area (TPSA) is 98.5 Å². The highest BCUT2D eigenvalue weighted by Gasteiger charge is 2.21. The Morgan fingerprint density at radius 2 is 1.77 bits per heavy atom. The molecule has 4 rings (SSSR count). The highest BCUT2D eigenvalue weighted by molar-refractivity contribution is 9.10. The quantitative estimate of drug-likeness (QED) is 0.318. The van der Waals surface area contributed by atoms with E-state index in [1.54, 1.807) is 29.3 Å². The largest absolute Gasteiger partial charge is 0.345 e. The molecule has 0 aliphatic carbocycles. The lowest BCUT2D eigenvalue weighted by Crippen LogP contribution is -2.25. The molecule has 3 heterocycles. The summed E-state index contributed by atoms with van der Waals surface area (Å²) in [4.78, 5) is 25.5. The zero-order valence-corrected chi connectivity index (χ0v) is 18.0. The van der Waals surface area contributed by atoms with E-state index in [1.165, 1.54) is 11.8 Å². The van der Waals surface area contributed by atoms with Crippen LogP contribution in [0.1, 0.15) is 21.9 Å². The second-order valence-electron chi connectivity index (χ2n) is 6.10. The summed E-state index contributed by atoms with van der Waals surface area (Å²) in [5, 5.41) is 11.9. The van der Waals surface area contributed by atoms with E-state index in [4.69, 9.17) is 0 Å². The van der Waals surface area contributed by atoms with Gasteiger partial charge in [-0.05, 0) is 42.5 Å². The second kappa shape index (κ2) is 9.59. The molecule has 1 aromatic carbocycles. The predicted molar refractivity (Wildman–Crippen MR) is 116 cm³/mol. The van der Waals surface area contributed by atoms with Crippen LogP contribution in [0, 0.1) is 0 Å². The zero-order valence-electron chi connectivity index (χ0n) is 15.6. The van der Waals surface area contributed by atoms with Crippen LogP contribution in [0.2, 0.25) is 0 Å². The van der Waals surface area contributed by atoms with Crippen molar-refractivity contribution in [3.05, 3.63) is 88.7 Å². The summed E-state index contributed by atoms with van der Waals surface area (Å²) in [7, 11) is 0. The molecule has 0 aliphatic heterocycles. The number of thioether (sulfide) groups is 1. The van der Waals surface area contributed by atoms with E-state index in [1.807, 2.05) is 42.5 Å². The molecule has 3 aromatic heterocycles. The minimum absolute atomic E-state index is 0.261. The number of aromatic nitrogens is 6. The molecule has 0 radical (unpaired) electrons. The van der Waals surface area contributed by atoms with Gasteiger partial charge in [0, 0.05) is 28.8 Å². The van der Waals surface area contributed by atoms with Gasteiger partial charge in [-0.25, -0.2) is 14.6 Å². The molecular formula is C20H16BrN7OS. The summed E-state index contributed by atoms with van der Waals surface area (Å²) >= 11 is 4.84. The molecule has 0 fully saturated rings. The molecule has 0 unspecified atom stereocenters. The second-order valence-corrected chi connectivity index (χ2v) is 7.95. The van der Waals surface area contributed by atoms with Crippen molar-refractivity contribution in [1.82, 2.24) is 35.3 Å². The number of hydrogen-bond donors (Lipinski definition) is 1. The fraction of sp³-hybridized carbons (Fsp3) is 0.100. The highest BCUT2D eigenvalue weighted by Crippen LogP contribution is 2.23. The van der Waals surface area contributed by atoms with Gasteiger partial charge < -0.3 is 5.32 Å². The van der Waals surface area contributed by atoms with Crippen LogP contribution in [0.15, 0.2) is 76.8 Å². The van der Waals surface area contributed by atoms with Crippen LogP contribution < -0.4 is 5.32 Å². The number of pyridine rings is 1. The summed E-state index contributed by atoms with van der Waals surface area (Å²) in [5.41, 5.74) is 2.49. The monoisotopic (exact) mass is 481 g/mol. The Bertz CT molecular complexity index is 1120. The number of halogens is 1. The maximum absolute atomic E-state index is 12.8. The maximum Gasteiger partial charge on any atom is 0.274 e. The summed E-state index contributed by atoms with van der Waals surface area (Å²) in [6.45, 7) is 0.305. The van der Waals surface area contributed by atoms with Crippen LogP contribution >= 0.6 is 27.7 Å². The number of nitrogens with zero attached hydrogens (tertiary/aromatic N) is 6. The Kier molecular flexibility index (Phi) is 6.45. The Morgan fingerprint density at radius 3 is 2.50 bits per heavy atom. The van der Waals surface area contributed by atoms with E-state index < -0.39 is 0 Å². The van der Waals surface area contributed by atoms with Crippen LogP contribution in [-0.4, -0.2) is 35.9 Å². The van der Waals surface area contributed by atoms with Crippen LogP contribution in [-0.2, 0) is 12.3 Å². The molecule has 8 nitrogen and oxygen atoms in total. The van der Waals surface area contributed by atoms with Crippen LogP contribution in [0.5, 0.6) is 0 Å². The summed E-state index contributed by atoms with van der Waals surface area (Å²) in [5.74, 6) is 0.118. The average Bonchev–Trinajstić information content (AvgIpc) is 3.22. The van der Waals surface area contributed by atoms with Gasteiger partial charge in [0.15, 0.2) is 10.9 Å². The molecule has 1 amide bonds. The van der Waals surface area contributed by atoms with E-state index in [9.17, 15) is 4.79 Å². The minimum atomic E-state index is -0.311. The van der Waals surface area contributed by atoms with Gasteiger partial charge >= 0.3 is 0 Å². The predicted octanol–water partition coefficient (Wildman–Crippen LogP) is 3.44. The third-order valence-electron chi connectivity index (χ3n) is 4.09. The standard InChI is InChI=1S/C20H16BrN7OS/c21-14-5-7-16(8-6-14)28-17(13-30-20-23-10-3-11-24-20)18(26-27-28)19(29)25-12-15-4-1-2-9-22-15/h1-11H,12-13H2,(H,25,29). The van der Waals surface area contributed by atoms with Gasteiger partial charge in [-0.1, -0.05) is 39.0 Å². The average molecular weight is 482 g/mol. The lowest BCUT2D eigenvalue weighted by atomic mass is 10.2.